The third kappa shape index (κ3) is 3.94. The standard InChI is InChI=1S/C20H24ClN5O3/c1-19(2,3)29-18(28)26-5-4-20(10-26)8-13(20)17(27)25-15-7-11-6-14(21)24-16(22)12(11)9-23-15/h6-7,9,13H,4-5,8,10H2,1-3H3,(H2,22,24)(H,23,25,27)/t13-,20-/m0/s1. The molecule has 2 aliphatic rings. The van der Waals surface area contributed by atoms with Gasteiger partial charge in [-0.2, -0.15) is 0 Å². The molecule has 8 nitrogen and oxygen atoms in total. The van der Waals surface area contributed by atoms with Gasteiger partial charge in [-0.15, -0.1) is 0 Å². The van der Waals surface area contributed by atoms with Gasteiger partial charge in [0.1, 0.15) is 22.4 Å². The zero-order valence-corrected chi connectivity index (χ0v) is 17.4. The van der Waals surface area contributed by atoms with E-state index in [0.29, 0.717) is 30.1 Å². The molecule has 2 atom stereocenters. The fourth-order valence-electron chi connectivity index (χ4n) is 3.97. The third-order valence-electron chi connectivity index (χ3n) is 5.51. The second-order valence-corrected chi connectivity index (χ2v) is 9.27. The molecule has 3 N–H and O–H groups in total. The van der Waals surface area contributed by atoms with E-state index in [-0.39, 0.29) is 28.5 Å². The minimum atomic E-state index is -0.531. The number of pyridine rings is 2. The molecule has 2 aromatic rings. The summed E-state index contributed by atoms with van der Waals surface area (Å²) in [7, 11) is 0. The van der Waals surface area contributed by atoms with Crippen molar-refractivity contribution in [2.75, 3.05) is 24.1 Å². The second kappa shape index (κ2) is 6.73. The number of nitrogens with one attached hydrogen (secondary N) is 1. The fourth-order valence-corrected chi connectivity index (χ4v) is 4.18. The van der Waals surface area contributed by atoms with Gasteiger partial charge >= 0.3 is 6.09 Å². The number of carbonyl (C=O) groups is 2. The number of fused-ring (bicyclic) bond motifs is 1. The first-order valence-electron chi connectivity index (χ1n) is 9.57. The van der Waals surface area contributed by atoms with Gasteiger partial charge in [0.2, 0.25) is 5.91 Å². The number of anilines is 2. The molecule has 1 saturated carbocycles. The molecule has 1 spiro atoms. The van der Waals surface area contributed by atoms with Crippen LogP contribution in [0.2, 0.25) is 5.15 Å². The Morgan fingerprint density at radius 1 is 1.38 bits per heavy atom. The van der Waals surface area contributed by atoms with Crippen molar-refractivity contribution in [1.82, 2.24) is 14.9 Å². The first-order valence-corrected chi connectivity index (χ1v) is 9.95. The molecule has 1 aliphatic heterocycles. The Balaban J connectivity index is 1.41. The van der Waals surface area contributed by atoms with Gasteiger partial charge in [0, 0.05) is 36.0 Å². The molecule has 0 aromatic carbocycles. The van der Waals surface area contributed by atoms with Crippen molar-refractivity contribution < 1.29 is 14.3 Å². The maximum Gasteiger partial charge on any atom is 0.410 e. The molecule has 154 valence electrons. The molecule has 2 fully saturated rings. The Bertz CT molecular complexity index is 1010. The van der Waals surface area contributed by atoms with E-state index in [1.54, 1.807) is 23.2 Å². The topological polar surface area (TPSA) is 110 Å². The Morgan fingerprint density at radius 2 is 2.14 bits per heavy atom. The summed E-state index contributed by atoms with van der Waals surface area (Å²) < 4.78 is 5.44. The summed E-state index contributed by atoms with van der Waals surface area (Å²) in [5, 5.41) is 4.60. The Labute approximate surface area is 173 Å². The van der Waals surface area contributed by atoms with Crippen molar-refractivity contribution in [2.45, 2.75) is 39.2 Å². The molecule has 0 radical (unpaired) electrons. The molecule has 0 unspecified atom stereocenters. The monoisotopic (exact) mass is 417 g/mol. The fraction of sp³-hybridized carbons (Fsp3) is 0.500. The Hall–Kier alpha value is -2.61. The molecule has 4 rings (SSSR count). The highest BCUT2D eigenvalue weighted by Gasteiger charge is 2.61. The number of halogens is 1. The Morgan fingerprint density at radius 3 is 2.86 bits per heavy atom. The normalized spacial score (nSPS) is 23.4. The van der Waals surface area contributed by atoms with Crippen LogP contribution < -0.4 is 11.1 Å². The van der Waals surface area contributed by atoms with Gasteiger partial charge in [0.15, 0.2) is 0 Å². The van der Waals surface area contributed by atoms with Crippen LogP contribution in [0.25, 0.3) is 10.8 Å². The van der Waals surface area contributed by atoms with E-state index >= 15 is 0 Å². The van der Waals surface area contributed by atoms with Gasteiger partial charge in [-0.05, 0) is 51.1 Å². The molecule has 29 heavy (non-hydrogen) atoms. The highest BCUT2D eigenvalue weighted by Crippen LogP contribution is 2.58. The Kier molecular flexibility index (Phi) is 4.57. The van der Waals surface area contributed by atoms with Gasteiger partial charge in [-0.3, -0.25) is 4.79 Å². The number of amides is 2. The molecule has 1 aliphatic carbocycles. The zero-order valence-electron chi connectivity index (χ0n) is 16.7. The number of nitrogen functional groups attached to an aromatic ring is 1. The molecular weight excluding hydrogens is 394 g/mol. The van der Waals surface area contributed by atoms with Gasteiger partial charge < -0.3 is 20.7 Å². The number of nitrogens with zero attached hydrogens (tertiary/aromatic N) is 3. The quantitative estimate of drug-likeness (QED) is 0.724. The van der Waals surface area contributed by atoms with Crippen molar-refractivity contribution in [3.63, 3.8) is 0 Å². The van der Waals surface area contributed by atoms with Gasteiger partial charge in [0.25, 0.3) is 0 Å². The van der Waals surface area contributed by atoms with Crippen LogP contribution in [0.1, 0.15) is 33.6 Å². The van der Waals surface area contributed by atoms with Crippen molar-refractivity contribution in [3.05, 3.63) is 23.5 Å². The summed E-state index contributed by atoms with van der Waals surface area (Å²) in [6.07, 6.45) is 2.81. The number of carbonyl (C=O) groups excluding carboxylic acids is 2. The summed E-state index contributed by atoms with van der Waals surface area (Å²) in [5.74, 6) is 0.509. The largest absolute Gasteiger partial charge is 0.444 e. The molecule has 9 heteroatoms. The second-order valence-electron chi connectivity index (χ2n) is 8.88. The minimum absolute atomic E-state index is 0.0870. The van der Waals surface area contributed by atoms with Gasteiger partial charge in [0.05, 0.1) is 0 Å². The third-order valence-corrected chi connectivity index (χ3v) is 5.70. The number of nitrogens with two attached hydrogens (primary N) is 1. The molecule has 2 amide bonds. The summed E-state index contributed by atoms with van der Waals surface area (Å²) in [6, 6.07) is 3.41. The van der Waals surface area contributed by atoms with E-state index in [1.165, 1.54) is 0 Å². The van der Waals surface area contributed by atoms with E-state index in [4.69, 9.17) is 22.1 Å². The number of rotatable bonds is 2. The summed E-state index contributed by atoms with van der Waals surface area (Å²) in [4.78, 5) is 35.0. The first kappa shape index (κ1) is 19.7. The van der Waals surface area contributed by atoms with Crippen LogP contribution >= 0.6 is 11.6 Å². The minimum Gasteiger partial charge on any atom is -0.444 e. The molecule has 3 heterocycles. The predicted molar refractivity (Wildman–Crippen MR) is 111 cm³/mol. The van der Waals surface area contributed by atoms with Crippen LogP contribution in [0, 0.1) is 11.3 Å². The lowest BCUT2D eigenvalue weighted by Gasteiger charge is -2.24. The SMILES string of the molecule is CC(C)(C)OC(=O)N1CC[C@]2(C[C@H]2C(=O)Nc2cc3cc(Cl)nc(N)c3cn2)C1. The predicted octanol–water partition coefficient (Wildman–Crippen LogP) is 3.45. The lowest BCUT2D eigenvalue weighted by Crippen LogP contribution is -2.35. The molecule has 0 bridgehead atoms. The van der Waals surface area contributed by atoms with Crippen LogP contribution in [0.3, 0.4) is 0 Å². The summed E-state index contributed by atoms with van der Waals surface area (Å²) >= 11 is 5.96. The van der Waals surface area contributed by atoms with Crippen LogP contribution in [0.4, 0.5) is 16.4 Å². The van der Waals surface area contributed by atoms with E-state index in [9.17, 15) is 9.59 Å². The van der Waals surface area contributed by atoms with Crippen LogP contribution in [0.15, 0.2) is 18.3 Å². The number of hydrogen-bond donors (Lipinski definition) is 2. The number of likely N-dealkylation sites (tertiary alicyclic amines) is 1. The molecule has 1 saturated heterocycles. The maximum atomic E-state index is 12.8. The van der Waals surface area contributed by atoms with E-state index in [1.807, 2.05) is 20.8 Å². The number of ether oxygens (including phenoxy) is 1. The lowest BCUT2D eigenvalue weighted by atomic mass is 10.0. The van der Waals surface area contributed by atoms with Crippen molar-refractivity contribution in [2.24, 2.45) is 11.3 Å². The highest BCUT2D eigenvalue weighted by atomic mass is 35.5. The van der Waals surface area contributed by atoms with Crippen molar-refractivity contribution >= 4 is 46.0 Å². The highest BCUT2D eigenvalue weighted by molar-refractivity contribution is 6.30. The van der Waals surface area contributed by atoms with Crippen LogP contribution in [-0.2, 0) is 9.53 Å². The lowest BCUT2D eigenvalue weighted by molar-refractivity contribution is -0.118. The molecular formula is C20H24ClN5O3. The maximum absolute atomic E-state index is 12.8. The smallest absolute Gasteiger partial charge is 0.410 e. The number of hydrogen-bond acceptors (Lipinski definition) is 6. The van der Waals surface area contributed by atoms with E-state index in [2.05, 4.69) is 15.3 Å². The van der Waals surface area contributed by atoms with Crippen LogP contribution in [0.5, 0.6) is 0 Å². The van der Waals surface area contributed by atoms with Gasteiger partial charge in [-0.25, -0.2) is 14.8 Å². The van der Waals surface area contributed by atoms with Crippen molar-refractivity contribution in [3.8, 4) is 0 Å². The average molecular weight is 418 g/mol. The van der Waals surface area contributed by atoms with E-state index < -0.39 is 5.60 Å². The summed E-state index contributed by atoms with van der Waals surface area (Å²) in [5.41, 5.74) is 5.17. The summed E-state index contributed by atoms with van der Waals surface area (Å²) in [6.45, 7) is 6.69. The van der Waals surface area contributed by atoms with E-state index in [0.717, 1.165) is 18.2 Å². The zero-order chi connectivity index (χ0) is 21.0. The number of aromatic nitrogens is 2. The van der Waals surface area contributed by atoms with Crippen molar-refractivity contribution in [1.29, 1.82) is 0 Å². The van der Waals surface area contributed by atoms with Gasteiger partial charge in [-0.1, -0.05) is 11.6 Å². The first-order chi connectivity index (χ1) is 13.6. The molecule has 2 aromatic heterocycles. The average Bonchev–Trinajstić information content (AvgIpc) is 3.12. The van der Waals surface area contributed by atoms with Crippen LogP contribution in [-0.4, -0.2) is 45.6 Å².